The predicted molar refractivity (Wildman–Crippen MR) is 173 cm³/mol. The molecular formula is C33H58NO7P. The van der Waals surface area contributed by atoms with E-state index in [1.165, 1.54) is 0 Å². The van der Waals surface area contributed by atoms with Gasteiger partial charge in [-0.3, -0.25) is 13.8 Å². The van der Waals surface area contributed by atoms with Gasteiger partial charge in [0, 0.05) is 19.6 Å². The first-order valence-electron chi connectivity index (χ1n) is 15.8. The van der Waals surface area contributed by atoms with Crippen LogP contribution in [-0.2, 0) is 27.9 Å². The Bertz CT molecular complexity index is 823. The maximum atomic E-state index is 12.3. The van der Waals surface area contributed by atoms with Gasteiger partial charge in [0.25, 0.3) is 0 Å². The summed E-state index contributed by atoms with van der Waals surface area (Å²) in [5.41, 5.74) is 5.31. The fourth-order valence-electron chi connectivity index (χ4n) is 3.67. The zero-order valence-corrected chi connectivity index (χ0v) is 27.1. The summed E-state index contributed by atoms with van der Waals surface area (Å²) >= 11 is 0. The number of phosphoric ester groups is 1. The van der Waals surface area contributed by atoms with Gasteiger partial charge in [-0.25, -0.2) is 4.57 Å². The normalized spacial score (nSPS) is 14.7. The second-order valence-corrected chi connectivity index (χ2v) is 11.4. The van der Waals surface area contributed by atoms with Crippen molar-refractivity contribution in [2.75, 3.05) is 33.0 Å². The first kappa shape index (κ1) is 40.2. The van der Waals surface area contributed by atoms with Crippen molar-refractivity contribution >= 4 is 13.8 Å². The van der Waals surface area contributed by atoms with Gasteiger partial charge in [-0.2, -0.15) is 0 Å². The minimum absolute atomic E-state index is 0.0835. The molecule has 0 radical (unpaired) electrons. The molecule has 3 N–H and O–H groups in total. The zero-order chi connectivity index (χ0) is 31.0. The summed E-state index contributed by atoms with van der Waals surface area (Å²) in [6.07, 6.45) is 34.2. The maximum Gasteiger partial charge on any atom is 0.472 e. The summed E-state index contributed by atoms with van der Waals surface area (Å²) in [6.45, 7) is 4.55. The average Bonchev–Trinajstić information content (AvgIpc) is 2.97. The van der Waals surface area contributed by atoms with Crippen molar-refractivity contribution in [3.8, 4) is 0 Å². The van der Waals surface area contributed by atoms with E-state index in [0.29, 0.717) is 13.0 Å². The number of phosphoric acid groups is 1. The second-order valence-electron chi connectivity index (χ2n) is 9.94. The Morgan fingerprint density at radius 2 is 1.33 bits per heavy atom. The lowest BCUT2D eigenvalue weighted by atomic mass is 10.1. The van der Waals surface area contributed by atoms with Gasteiger partial charge < -0.3 is 20.1 Å². The van der Waals surface area contributed by atoms with Crippen molar-refractivity contribution in [2.24, 2.45) is 5.73 Å². The van der Waals surface area contributed by atoms with Crippen LogP contribution in [0.5, 0.6) is 0 Å². The molecule has 0 heterocycles. The second kappa shape index (κ2) is 30.7. The molecular weight excluding hydrogens is 553 g/mol. The van der Waals surface area contributed by atoms with E-state index in [0.717, 1.165) is 83.5 Å². The van der Waals surface area contributed by atoms with Crippen molar-refractivity contribution in [3.63, 3.8) is 0 Å². The molecule has 0 rings (SSSR count). The lowest BCUT2D eigenvalue weighted by Crippen LogP contribution is -2.28. The van der Waals surface area contributed by atoms with E-state index in [-0.39, 0.29) is 32.3 Å². The third kappa shape index (κ3) is 29.7. The first-order valence-corrected chi connectivity index (χ1v) is 17.3. The number of esters is 1. The van der Waals surface area contributed by atoms with Crippen LogP contribution in [0.25, 0.3) is 0 Å². The van der Waals surface area contributed by atoms with Crippen LogP contribution in [0, 0.1) is 0 Å². The van der Waals surface area contributed by atoms with Gasteiger partial charge in [0.1, 0.15) is 6.10 Å². The fourth-order valence-corrected chi connectivity index (χ4v) is 4.43. The maximum absolute atomic E-state index is 12.3. The number of hydrogen-bond donors (Lipinski definition) is 2. The van der Waals surface area contributed by atoms with Gasteiger partial charge in [-0.15, -0.1) is 0 Å². The van der Waals surface area contributed by atoms with Gasteiger partial charge in [-0.05, 0) is 57.8 Å². The summed E-state index contributed by atoms with van der Waals surface area (Å²) in [7, 11) is -4.27. The lowest BCUT2D eigenvalue weighted by molar-refractivity contribution is -0.154. The quantitative estimate of drug-likeness (QED) is 0.0375. The van der Waals surface area contributed by atoms with Crippen LogP contribution in [-0.4, -0.2) is 49.9 Å². The number of rotatable bonds is 29. The number of carbonyl (C=O) groups excluding carboxylic acids is 1. The molecule has 8 nitrogen and oxygen atoms in total. The highest BCUT2D eigenvalue weighted by Crippen LogP contribution is 2.43. The summed E-state index contributed by atoms with van der Waals surface area (Å²) in [5, 5.41) is 0. The molecule has 0 aliphatic carbocycles. The van der Waals surface area contributed by atoms with Crippen LogP contribution in [0.3, 0.4) is 0 Å². The number of allylic oxidation sites excluding steroid dienone is 10. The van der Waals surface area contributed by atoms with E-state index >= 15 is 0 Å². The Morgan fingerprint density at radius 3 is 1.93 bits per heavy atom. The van der Waals surface area contributed by atoms with Crippen molar-refractivity contribution in [2.45, 2.75) is 110 Å². The third-order valence-corrected chi connectivity index (χ3v) is 6.93. The molecule has 2 atom stereocenters. The van der Waals surface area contributed by atoms with E-state index in [1.54, 1.807) is 0 Å². The minimum Gasteiger partial charge on any atom is -0.457 e. The van der Waals surface area contributed by atoms with Crippen LogP contribution in [0.15, 0.2) is 60.8 Å². The molecule has 42 heavy (non-hydrogen) atoms. The predicted octanol–water partition coefficient (Wildman–Crippen LogP) is 8.29. The molecule has 0 fully saturated rings. The van der Waals surface area contributed by atoms with Gasteiger partial charge in [0.15, 0.2) is 0 Å². The molecule has 9 heteroatoms. The topological polar surface area (TPSA) is 117 Å². The molecule has 0 aromatic carbocycles. The number of nitrogens with two attached hydrogens (primary N) is 1. The SMILES string of the molecule is CC/C=C\C/C=C\C/C=C\C/C=C\C/C=C\CCCCOCC(COP(=O)(O)OCCN)OC(=O)CCCCCCC. The van der Waals surface area contributed by atoms with E-state index in [2.05, 4.69) is 74.6 Å². The van der Waals surface area contributed by atoms with Crippen LogP contribution in [0.1, 0.15) is 104 Å². The van der Waals surface area contributed by atoms with Crippen molar-refractivity contribution in [3.05, 3.63) is 60.8 Å². The Hall–Kier alpha value is -1.80. The summed E-state index contributed by atoms with van der Waals surface area (Å²) in [5.74, 6) is -0.363. The van der Waals surface area contributed by atoms with E-state index in [1.807, 2.05) is 0 Å². The van der Waals surface area contributed by atoms with Crippen molar-refractivity contribution in [1.82, 2.24) is 0 Å². The Kier molecular flexibility index (Phi) is 29.3. The molecule has 0 spiro atoms. The Labute approximate surface area is 255 Å². The fraction of sp³-hybridized carbons (Fsp3) is 0.667. The van der Waals surface area contributed by atoms with Crippen LogP contribution in [0.2, 0.25) is 0 Å². The van der Waals surface area contributed by atoms with Crippen LogP contribution >= 0.6 is 7.82 Å². The molecule has 0 aromatic heterocycles. The lowest BCUT2D eigenvalue weighted by Gasteiger charge is -2.20. The monoisotopic (exact) mass is 611 g/mol. The molecule has 0 saturated carbocycles. The summed E-state index contributed by atoms with van der Waals surface area (Å²) < 4.78 is 32.9. The van der Waals surface area contributed by atoms with Gasteiger partial charge in [0.2, 0.25) is 0 Å². The molecule has 0 bridgehead atoms. The Balaban J connectivity index is 4.15. The van der Waals surface area contributed by atoms with Gasteiger partial charge in [-0.1, -0.05) is 100 Å². The zero-order valence-electron chi connectivity index (χ0n) is 26.2. The van der Waals surface area contributed by atoms with Crippen LogP contribution < -0.4 is 5.73 Å². The Morgan fingerprint density at radius 1 is 0.738 bits per heavy atom. The summed E-state index contributed by atoms with van der Waals surface area (Å²) in [4.78, 5) is 22.0. The molecule has 0 aliphatic rings. The smallest absolute Gasteiger partial charge is 0.457 e. The summed E-state index contributed by atoms with van der Waals surface area (Å²) in [6, 6.07) is 0. The number of carbonyl (C=O) groups is 1. The minimum atomic E-state index is -4.27. The van der Waals surface area contributed by atoms with Gasteiger partial charge >= 0.3 is 13.8 Å². The molecule has 242 valence electrons. The molecule has 0 aliphatic heterocycles. The van der Waals surface area contributed by atoms with Crippen molar-refractivity contribution in [1.29, 1.82) is 0 Å². The van der Waals surface area contributed by atoms with Gasteiger partial charge in [0.05, 0.1) is 19.8 Å². The number of unbranched alkanes of at least 4 members (excludes halogenated alkanes) is 6. The number of ether oxygens (including phenoxy) is 2. The van der Waals surface area contributed by atoms with Crippen LogP contribution in [0.4, 0.5) is 0 Å². The molecule has 0 aromatic rings. The van der Waals surface area contributed by atoms with E-state index in [4.69, 9.17) is 24.3 Å². The first-order chi connectivity index (χ1) is 20.4. The van der Waals surface area contributed by atoms with E-state index < -0.39 is 13.9 Å². The average molecular weight is 612 g/mol. The molecule has 2 unspecified atom stereocenters. The third-order valence-electron chi connectivity index (χ3n) is 5.95. The van der Waals surface area contributed by atoms with Crippen molar-refractivity contribution < 1.29 is 32.8 Å². The largest absolute Gasteiger partial charge is 0.472 e. The highest BCUT2D eigenvalue weighted by Gasteiger charge is 2.25. The molecule has 0 amide bonds. The number of hydrogen-bond acceptors (Lipinski definition) is 7. The highest BCUT2D eigenvalue weighted by molar-refractivity contribution is 7.47. The van der Waals surface area contributed by atoms with E-state index in [9.17, 15) is 14.3 Å². The molecule has 0 saturated heterocycles. The standard InChI is InChI=1S/C33H58NO7P/c1-3-5-7-9-10-11-12-13-14-15-16-17-18-19-20-21-23-25-28-38-30-32(31-40-42(36,37)39-29-27-34)41-33(35)26-24-22-8-6-4-2/h5,7,10-11,13-14,16-17,19-20,32H,3-4,6,8-9,12,15,18,21-31,34H2,1-2H3,(H,36,37)/b7-5-,11-10-,14-13-,17-16-,20-19-. The highest BCUT2D eigenvalue weighted by atomic mass is 31.2.